The predicted octanol–water partition coefficient (Wildman–Crippen LogP) is 4.14. The Kier molecular flexibility index (Phi) is 4.43. The van der Waals surface area contributed by atoms with E-state index in [1.54, 1.807) is 0 Å². The summed E-state index contributed by atoms with van der Waals surface area (Å²) < 4.78 is 6.89. The van der Waals surface area contributed by atoms with Crippen LogP contribution < -0.4 is 11.3 Å². The van der Waals surface area contributed by atoms with Crippen LogP contribution in [0.1, 0.15) is 38.5 Å². The zero-order chi connectivity index (χ0) is 13.1. The normalized spacial score (nSPS) is 14.9. The first-order valence-electron chi connectivity index (χ1n) is 6.29. The average Bonchev–Trinajstić information content (AvgIpc) is 2.80. The number of nitrogens with two attached hydrogens (primary N) is 1. The van der Waals surface area contributed by atoms with Crippen LogP contribution in [0, 0.1) is 5.92 Å². The highest BCUT2D eigenvalue weighted by atomic mass is 79.9. The van der Waals surface area contributed by atoms with Crippen molar-refractivity contribution < 1.29 is 4.42 Å². The summed E-state index contributed by atoms with van der Waals surface area (Å²) >= 11 is 3.50. The zero-order valence-electron chi connectivity index (χ0n) is 10.7. The molecule has 2 aromatic rings. The average molecular weight is 311 g/mol. The van der Waals surface area contributed by atoms with Gasteiger partial charge in [-0.25, -0.2) is 5.43 Å². The molecule has 2 unspecified atom stereocenters. The molecular formula is C14H19BrN2O. The molecule has 0 bridgehead atoms. The molecule has 2 atom stereocenters. The van der Waals surface area contributed by atoms with Crippen LogP contribution in [-0.4, -0.2) is 0 Å². The van der Waals surface area contributed by atoms with Crippen LogP contribution in [0.4, 0.5) is 0 Å². The summed E-state index contributed by atoms with van der Waals surface area (Å²) in [5.74, 6) is 7.16. The number of fused-ring (bicyclic) bond motifs is 1. The molecule has 1 aromatic heterocycles. The van der Waals surface area contributed by atoms with Gasteiger partial charge in [-0.3, -0.25) is 5.84 Å². The fraction of sp³-hybridized carbons (Fsp3) is 0.429. The number of furan rings is 1. The summed E-state index contributed by atoms with van der Waals surface area (Å²) in [6, 6.07) is 8.16. The first-order chi connectivity index (χ1) is 8.65. The zero-order valence-corrected chi connectivity index (χ0v) is 12.3. The van der Waals surface area contributed by atoms with Gasteiger partial charge in [0, 0.05) is 5.39 Å². The van der Waals surface area contributed by atoms with E-state index in [9.17, 15) is 0 Å². The summed E-state index contributed by atoms with van der Waals surface area (Å²) in [4.78, 5) is 0. The third-order valence-corrected chi connectivity index (χ3v) is 4.02. The molecule has 1 heterocycles. The van der Waals surface area contributed by atoms with Gasteiger partial charge in [-0.1, -0.05) is 32.4 Å². The fourth-order valence-corrected chi connectivity index (χ4v) is 2.52. The summed E-state index contributed by atoms with van der Waals surface area (Å²) in [5.41, 5.74) is 3.74. The quantitative estimate of drug-likeness (QED) is 0.644. The van der Waals surface area contributed by atoms with Crippen molar-refractivity contribution in [3.8, 4) is 0 Å². The second kappa shape index (κ2) is 5.87. The molecule has 18 heavy (non-hydrogen) atoms. The van der Waals surface area contributed by atoms with Crippen LogP contribution in [0.3, 0.4) is 0 Å². The molecule has 3 N–H and O–H groups in total. The minimum absolute atomic E-state index is 0.0688. The SMILES string of the molecule is CCC(C)CC(NN)c1cc2cccc(Br)c2o1. The van der Waals surface area contributed by atoms with Gasteiger partial charge in [-0.15, -0.1) is 0 Å². The number of hydrogen-bond donors (Lipinski definition) is 2. The van der Waals surface area contributed by atoms with Crippen LogP contribution in [0.25, 0.3) is 11.0 Å². The molecule has 0 aliphatic heterocycles. The van der Waals surface area contributed by atoms with Crippen LogP contribution >= 0.6 is 15.9 Å². The van der Waals surface area contributed by atoms with Gasteiger partial charge in [-0.2, -0.15) is 0 Å². The summed E-state index contributed by atoms with van der Waals surface area (Å²) in [5, 5.41) is 1.10. The number of para-hydroxylation sites is 1. The van der Waals surface area contributed by atoms with Crippen molar-refractivity contribution in [2.45, 2.75) is 32.7 Å². The van der Waals surface area contributed by atoms with E-state index >= 15 is 0 Å². The maximum atomic E-state index is 5.91. The smallest absolute Gasteiger partial charge is 0.148 e. The van der Waals surface area contributed by atoms with Gasteiger partial charge in [0.05, 0.1) is 10.5 Å². The van der Waals surface area contributed by atoms with E-state index in [1.165, 1.54) is 0 Å². The van der Waals surface area contributed by atoms with Crippen molar-refractivity contribution in [3.05, 3.63) is 34.5 Å². The molecule has 0 radical (unpaired) electrons. The highest BCUT2D eigenvalue weighted by Crippen LogP contribution is 2.31. The molecule has 0 amide bonds. The van der Waals surface area contributed by atoms with Crippen LogP contribution in [0.2, 0.25) is 0 Å². The molecule has 0 saturated carbocycles. The summed E-state index contributed by atoms with van der Waals surface area (Å²) in [6.07, 6.45) is 2.12. The maximum absolute atomic E-state index is 5.91. The number of rotatable bonds is 5. The molecule has 3 nitrogen and oxygen atoms in total. The molecule has 98 valence electrons. The van der Waals surface area contributed by atoms with Gasteiger partial charge in [0.25, 0.3) is 0 Å². The van der Waals surface area contributed by atoms with Crippen LogP contribution in [0.5, 0.6) is 0 Å². The first kappa shape index (κ1) is 13.6. The van der Waals surface area contributed by atoms with Gasteiger partial charge in [-0.05, 0) is 40.4 Å². The Bertz CT molecular complexity index is 523. The number of nitrogens with one attached hydrogen (secondary N) is 1. The minimum atomic E-state index is 0.0688. The molecule has 0 saturated heterocycles. The second-order valence-corrected chi connectivity index (χ2v) is 5.63. The Morgan fingerprint density at radius 2 is 2.22 bits per heavy atom. The van der Waals surface area contributed by atoms with Gasteiger partial charge < -0.3 is 4.42 Å². The fourth-order valence-electron chi connectivity index (χ4n) is 2.05. The lowest BCUT2D eigenvalue weighted by Gasteiger charge is -2.17. The number of halogens is 1. The van der Waals surface area contributed by atoms with E-state index in [2.05, 4.69) is 41.3 Å². The molecule has 2 rings (SSSR count). The first-order valence-corrected chi connectivity index (χ1v) is 7.09. The van der Waals surface area contributed by atoms with Crippen molar-refractivity contribution in [1.82, 2.24) is 5.43 Å². The van der Waals surface area contributed by atoms with Crippen LogP contribution in [0.15, 0.2) is 33.2 Å². The Hall–Kier alpha value is -0.840. The van der Waals surface area contributed by atoms with Crippen LogP contribution in [-0.2, 0) is 0 Å². The molecule has 0 aliphatic carbocycles. The van der Waals surface area contributed by atoms with E-state index in [0.29, 0.717) is 5.92 Å². The summed E-state index contributed by atoms with van der Waals surface area (Å²) in [6.45, 7) is 4.41. The van der Waals surface area contributed by atoms with Gasteiger partial charge >= 0.3 is 0 Å². The topological polar surface area (TPSA) is 51.2 Å². The standard InChI is InChI=1S/C14H19BrN2O/c1-3-9(2)7-12(17-16)13-8-10-5-4-6-11(15)14(10)18-13/h4-6,8-9,12,17H,3,7,16H2,1-2H3. The molecule has 0 aliphatic rings. The molecule has 0 fully saturated rings. The van der Waals surface area contributed by atoms with Gasteiger partial charge in [0.2, 0.25) is 0 Å². The van der Waals surface area contributed by atoms with Crippen molar-refractivity contribution in [3.63, 3.8) is 0 Å². The summed E-state index contributed by atoms with van der Waals surface area (Å²) in [7, 11) is 0. The van der Waals surface area contributed by atoms with E-state index in [4.69, 9.17) is 10.3 Å². The Balaban J connectivity index is 2.31. The van der Waals surface area contributed by atoms with Crippen molar-refractivity contribution in [2.24, 2.45) is 11.8 Å². The molecular weight excluding hydrogens is 292 g/mol. The Morgan fingerprint density at radius 1 is 1.44 bits per heavy atom. The third kappa shape index (κ3) is 2.76. The lowest BCUT2D eigenvalue weighted by atomic mass is 9.98. The Morgan fingerprint density at radius 3 is 2.83 bits per heavy atom. The lowest BCUT2D eigenvalue weighted by molar-refractivity contribution is 0.358. The largest absolute Gasteiger partial charge is 0.458 e. The molecule has 1 aromatic carbocycles. The highest BCUT2D eigenvalue weighted by Gasteiger charge is 2.18. The van der Waals surface area contributed by atoms with E-state index in [0.717, 1.165) is 34.0 Å². The van der Waals surface area contributed by atoms with Crippen molar-refractivity contribution >= 4 is 26.9 Å². The number of hydrazine groups is 1. The maximum Gasteiger partial charge on any atom is 0.148 e. The number of benzene rings is 1. The lowest BCUT2D eigenvalue weighted by Crippen LogP contribution is -2.29. The van der Waals surface area contributed by atoms with Crippen molar-refractivity contribution in [2.75, 3.05) is 0 Å². The molecule has 0 spiro atoms. The van der Waals surface area contributed by atoms with E-state index in [1.807, 2.05) is 18.2 Å². The second-order valence-electron chi connectivity index (χ2n) is 4.78. The van der Waals surface area contributed by atoms with Gasteiger partial charge in [0.15, 0.2) is 0 Å². The van der Waals surface area contributed by atoms with Crippen molar-refractivity contribution in [1.29, 1.82) is 0 Å². The predicted molar refractivity (Wildman–Crippen MR) is 78.1 cm³/mol. The van der Waals surface area contributed by atoms with E-state index < -0.39 is 0 Å². The highest BCUT2D eigenvalue weighted by molar-refractivity contribution is 9.10. The monoisotopic (exact) mass is 310 g/mol. The van der Waals surface area contributed by atoms with E-state index in [-0.39, 0.29) is 6.04 Å². The third-order valence-electron chi connectivity index (χ3n) is 3.39. The molecule has 4 heteroatoms. The number of hydrogen-bond acceptors (Lipinski definition) is 3. The minimum Gasteiger partial charge on any atom is -0.458 e. The Labute approximate surface area is 116 Å². The van der Waals surface area contributed by atoms with Gasteiger partial charge in [0.1, 0.15) is 11.3 Å².